The van der Waals surface area contributed by atoms with Crippen LogP contribution in [0.1, 0.15) is 68.9 Å². The molecule has 7 nitrogen and oxygen atoms in total. The first-order chi connectivity index (χ1) is 16.9. The summed E-state index contributed by atoms with van der Waals surface area (Å²) in [4.78, 5) is 40.1. The number of carboxylic acid groups (broad SMARTS) is 1. The van der Waals surface area contributed by atoms with Gasteiger partial charge in [-0.15, -0.1) is 0 Å². The number of hydrogen-bond donors (Lipinski definition) is 2. The van der Waals surface area contributed by atoms with Crippen LogP contribution >= 0.6 is 0 Å². The van der Waals surface area contributed by atoms with Gasteiger partial charge in [0.2, 0.25) is 5.91 Å². The molecule has 0 saturated heterocycles. The van der Waals surface area contributed by atoms with Gasteiger partial charge in [0.15, 0.2) is 0 Å². The van der Waals surface area contributed by atoms with Gasteiger partial charge in [0.25, 0.3) is 0 Å². The number of benzene rings is 2. The summed E-state index contributed by atoms with van der Waals surface area (Å²) in [7, 11) is 0. The van der Waals surface area contributed by atoms with Gasteiger partial charge in [-0.2, -0.15) is 0 Å². The highest BCUT2D eigenvalue weighted by atomic mass is 16.5. The van der Waals surface area contributed by atoms with Crippen LogP contribution in [0.5, 0.6) is 0 Å². The number of carbonyl (C=O) groups excluding carboxylic acids is 2. The molecule has 184 valence electrons. The van der Waals surface area contributed by atoms with Crippen molar-refractivity contribution in [1.82, 2.24) is 10.2 Å². The van der Waals surface area contributed by atoms with Crippen LogP contribution in [-0.4, -0.2) is 52.2 Å². The van der Waals surface area contributed by atoms with Crippen LogP contribution in [0, 0.1) is 0 Å². The van der Waals surface area contributed by atoms with E-state index in [0.717, 1.165) is 54.4 Å². The van der Waals surface area contributed by atoms with E-state index < -0.39 is 23.6 Å². The quantitative estimate of drug-likeness (QED) is 0.604. The number of fused-ring (bicyclic) bond motifs is 3. The van der Waals surface area contributed by atoms with Crippen LogP contribution in [0.15, 0.2) is 48.5 Å². The Kier molecular flexibility index (Phi) is 6.26. The van der Waals surface area contributed by atoms with Crippen LogP contribution in [-0.2, 0) is 14.3 Å². The average molecular weight is 477 g/mol. The highest BCUT2D eigenvalue weighted by Crippen LogP contribution is 2.44. The third-order valence-electron chi connectivity index (χ3n) is 7.75. The number of aliphatic carboxylic acids is 1. The smallest absolute Gasteiger partial charge is 0.408 e. The fourth-order valence-corrected chi connectivity index (χ4v) is 5.75. The second-order valence-corrected chi connectivity index (χ2v) is 10.1. The predicted molar refractivity (Wildman–Crippen MR) is 131 cm³/mol. The molecule has 2 saturated carbocycles. The summed E-state index contributed by atoms with van der Waals surface area (Å²) in [5, 5.41) is 12.5. The van der Waals surface area contributed by atoms with Crippen molar-refractivity contribution in [3.63, 3.8) is 0 Å². The Bertz CT molecular complexity index is 1090. The molecule has 2 N–H and O–H groups in total. The molecule has 0 bridgehead atoms. The number of carbonyl (C=O) groups is 3. The zero-order chi connectivity index (χ0) is 24.6. The van der Waals surface area contributed by atoms with Crippen LogP contribution in [0.2, 0.25) is 0 Å². The fraction of sp³-hybridized carbons (Fsp3) is 0.464. The van der Waals surface area contributed by atoms with Crippen molar-refractivity contribution in [2.75, 3.05) is 6.61 Å². The van der Waals surface area contributed by atoms with E-state index in [0.29, 0.717) is 12.8 Å². The summed E-state index contributed by atoms with van der Waals surface area (Å²) in [5.74, 6) is -1.39. The predicted octanol–water partition coefficient (Wildman–Crippen LogP) is 4.69. The van der Waals surface area contributed by atoms with E-state index in [4.69, 9.17) is 4.74 Å². The molecule has 0 aliphatic heterocycles. The summed E-state index contributed by atoms with van der Waals surface area (Å²) < 4.78 is 5.74. The first-order valence-electron chi connectivity index (χ1n) is 12.6. The number of amides is 2. The van der Waals surface area contributed by atoms with Gasteiger partial charge in [0, 0.05) is 12.0 Å². The topological polar surface area (TPSA) is 95.9 Å². The van der Waals surface area contributed by atoms with E-state index in [2.05, 4.69) is 29.6 Å². The summed E-state index contributed by atoms with van der Waals surface area (Å²) in [6.45, 7) is 1.71. The van der Waals surface area contributed by atoms with Crippen molar-refractivity contribution in [1.29, 1.82) is 0 Å². The maximum absolute atomic E-state index is 13.8. The lowest BCUT2D eigenvalue weighted by Gasteiger charge is -2.41. The van der Waals surface area contributed by atoms with Crippen molar-refractivity contribution >= 4 is 18.0 Å². The normalized spacial score (nSPS) is 19.2. The first-order valence-corrected chi connectivity index (χ1v) is 12.6. The van der Waals surface area contributed by atoms with Crippen LogP contribution in [0.25, 0.3) is 11.1 Å². The molecule has 0 spiro atoms. The number of hydrogen-bond acceptors (Lipinski definition) is 4. The number of rotatable bonds is 7. The van der Waals surface area contributed by atoms with Crippen LogP contribution < -0.4 is 5.32 Å². The molecule has 5 rings (SSSR count). The Hall–Kier alpha value is -3.35. The SMILES string of the molecule is CC(C(=O)O)N(C(=O)C1(NC(=O)OCC2c3ccccc3-c3ccccc32)CCCCC1)C1CC1. The number of ether oxygens (including phenoxy) is 1. The Balaban J connectivity index is 1.33. The van der Waals surface area contributed by atoms with Gasteiger partial charge in [-0.3, -0.25) is 4.79 Å². The summed E-state index contributed by atoms with van der Waals surface area (Å²) in [6, 6.07) is 15.3. The van der Waals surface area contributed by atoms with Gasteiger partial charge in [-0.25, -0.2) is 9.59 Å². The highest BCUT2D eigenvalue weighted by molar-refractivity contribution is 5.93. The maximum atomic E-state index is 13.8. The first kappa shape index (κ1) is 23.4. The van der Waals surface area contributed by atoms with Gasteiger partial charge >= 0.3 is 12.1 Å². The van der Waals surface area contributed by atoms with Crippen LogP contribution in [0.3, 0.4) is 0 Å². The van der Waals surface area contributed by atoms with Crippen molar-refractivity contribution in [3.05, 3.63) is 59.7 Å². The molecule has 3 aliphatic carbocycles. The molecule has 3 aliphatic rings. The molecule has 2 fully saturated rings. The van der Waals surface area contributed by atoms with Crippen molar-refractivity contribution in [2.24, 2.45) is 0 Å². The number of carboxylic acids is 1. The summed E-state index contributed by atoms with van der Waals surface area (Å²) in [6.07, 6.45) is 4.54. The number of nitrogens with zero attached hydrogens (tertiary/aromatic N) is 1. The van der Waals surface area contributed by atoms with Gasteiger partial charge in [0.1, 0.15) is 18.2 Å². The standard InChI is InChI=1S/C28H32N2O5/c1-18(25(31)32)30(19-13-14-19)26(33)28(15-7-2-8-16-28)29-27(34)35-17-24-22-11-5-3-9-20(22)21-10-4-6-12-23(21)24/h3-6,9-12,18-19,24H,2,7-8,13-17H2,1H3,(H,29,34)(H,31,32). The number of nitrogens with one attached hydrogen (secondary N) is 1. The van der Waals surface area contributed by atoms with E-state index >= 15 is 0 Å². The largest absolute Gasteiger partial charge is 0.480 e. The van der Waals surface area contributed by atoms with Crippen molar-refractivity contribution in [2.45, 2.75) is 75.4 Å². The van der Waals surface area contributed by atoms with E-state index in [1.807, 2.05) is 24.3 Å². The molecule has 2 aromatic rings. The lowest BCUT2D eigenvalue weighted by molar-refractivity contribution is -0.154. The minimum Gasteiger partial charge on any atom is -0.480 e. The zero-order valence-corrected chi connectivity index (χ0v) is 20.0. The van der Waals surface area contributed by atoms with Gasteiger partial charge in [0.05, 0.1) is 0 Å². The molecular weight excluding hydrogens is 444 g/mol. The molecule has 0 heterocycles. The summed E-state index contributed by atoms with van der Waals surface area (Å²) in [5.41, 5.74) is 3.44. The molecular formula is C28H32N2O5. The lowest BCUT2D eigenvalue weighted by atomic mass is 9.80. The minimum atomic E-state index is -1.12. The van der Waals surface area contributed by atoms with E-state index in [1.165, 1.54) is 4.90 Å². The minimum absolute atomic E-state index is 0.0684. The molecule has 2 aromatic carbocycles. The third-order valence-corrected chi connectivity index (χ3v) is 7.75. The molecule has 1 atom stereocenters. The fourth-order valence-electron chi connectivity index (χ4n) is 5.75. The van der Waals surface area contributed by atoms with Gasteiger partial charge in [-0.05, 0) is 54.9 Å². The van der Waals surface area contributed by atoms with Crippen molar-refractivity contribution in [3.8, 4) is 11.1 Å². The van der Waals surface area contributed by atoms with Gasteiger partial charge in [-0.1, -0.05) is 67.8 Å². The number of alkyl carbamates (subject to hydrolysis) is 1. The Labute approximate surface area is 205 Å². The average Bonchev–Trinajstić information content (AvgIpc) is 3.65. The Morgan fingerprint density at radius 1 is 1.00 bits per heavy atom. The Morgan fingerprint density at radius 2 is 1.57 bits per heavy atom. The lowest BCUT2D eigenvalue weighted by Crippen LogP contribution is -2.63. The molecule has 0 aromatic heterocycles. The highest BCUT2D eigenvalue weighted by Gasteiger charge is 2.49. The zero-order valence-electron chi connectivity index (χ0n) is 20.0. The maximum Gasteiger partial charge on any atom is 0.408 e. The third kappa shape index (κ3) is 4.40. The molecule has 35 heavy (non-hydrogen) atoms. The second kappa shape index (κ2) is 9.36. The van der Waals surface area contributed by atoms with Gasteiger partial charge < -0.3 is 20.1 Å². The van der Waals surface area contributed by atoms with Crippen molar-refractivity contribution < 1.29 is 24.2 Å². The summed E-state index contributed by atoms with van der Waals surface area (Å²) >= 11 is 0. The second-order valence-electron chi connectivity index (χ2n) is 10.1. The van der Waals surface area contributed by atoms with E-state index in [1.54, 1.807) is 6.92 Å². The molecule has 7 heteroatoms. The molecule has 0 radical (unpaired) electrons. The molecule has 1 unspecified atom stereocenters. The molecule has 2 amide bonds. The monoisotopic (exact) mass is 476 g/mol. The van der Waals surface area contributed by atoms with E-state index in [-0.39, 0.29) is 24.5 Å². The Morgan fingerprint density at radius 3 is 2.11 bits per heavy atom. The van der Waals surface area contributed by atoms with Crippen LogP contribution in [0.4, 0.5) is 4.79 Å². The van der Waals surface area contributed by atoms with E-state index in [9.17, 15) is 19.5 Å².